The third kappa shape index (κ3) is 2.10. The predicted molar refractivity (Wildman–Crippen MR) is 70.6 cm³/mol. The summed E-state index contributed by atoms with van der Waals surface area (Å²) in [6.45, 7) is 1.77. The number of fused-ring (bicyclic) bond motifs is 1. The highest BCUT2D eigenvalue weighted by molar-refractivity contribution is 5.97. The van der Waals surface area contributed by atoms with E-state index in [1.165, 1.54) is 17.1 Å². The van der Waals surface area contributed by atoms with Crippen LogP contribution in [0.2, 0.25) is 0 Å². The Hall–Kier alpha value is -2.21. The Balaban J connectivity index is 2.02. The largest absolute Gasteiger partial charge is 0.396 e. The normalized spacial score (nSPS) is 15.2. The van der Waals surface area contributed by atoms with Crippen molar-refractivity contribution in [3.63, 3.8) is 0 Å². The molecule has 19 heavy (non-hydrogen) atoms. The highest BCUT2D eigenvalue weighted by atomic mass is 16.2. The first-order valence-electron chi connectivity index (χ1n) is 6.14. The van der Waals surface area contributed by atoms with Crippen LogP contribution in [0, 0.1) is 0 Å². The summed E-state index contributed by atoms with van der Waals surface area (Å²) in [4.78, 5) is 18.8. The number of nitrogens with zero attached hydrogens (tertiary/aromatic N) is 4. The van der Waals surface area contributed by atoms with Crippen molar-refractivity contribution in [1.29, 1.82) is 0 Å². The van der Waals surface area contributed by atoms with Gasteiger partial charge in [-0.25, -0.2) is 4.68 Å². The Morgan fingerprint density at radius 2 is 2.21 bits per heavy atom. The highest BCUT2D eigenvalue weighted by Crippen LogP contribution is 2.21. The number of likely N-dealkylation sites (N-methyl/N-ethyl adjacent to an activating group) is 1. The van der Waals surface area contributed by atoms with Gasteiger partial charge in [-0.15, -0.1) is 0 Å². The monoisotopic (exact) mass is 257 g/mol. The minimum atomic E-state index is -0.175. The molecule has 0 bridgehead atoms. The number of carbonyl (C=O) groups excluding carboxylic acids is 1. The lowest BCUT2D eigenvalue weighted by atomic mass is 9.97. The van der Waals surface area contributed by atoms with Crippen LogP contribution in [0.15, 0.2) is 24.8 Å². The van der Waals surface area contributed by atoms with Crippen LogP contribution in [0.25, 0.3) is 0 Å². The number of pyridine rings is 1. The summed E-state index contributed by atoms with van der Waals surface area (Å²) < 4.78 is 1.27. The lowest BCUT2D eigenvalue weighted by Crippen LogP contribution is -2.29. The fourth-order valence-corrected chi connectivity index (χ4v) is 2.39. The van der Waals surface area contributed by atoms with Gasteiger partial charge in [-0.05, 0) is 24.6 Å². The van der Waals surface area contributed by atoms with Crippen LogP contribution in [0.1, 0.15) is 21.5 Å². The first-order chi connectivity index (χ1) is 9.15. The van der Waals surface area contributed by atoms with E-state index < -0.39 is 0 Å². The summed E-state index contributed by atoms with van der Waals surface area (Å²) in [6.07, 6.45) is 7.29. The van der Waals surface area contributed by atoms with Crippen molar-refractivity contribution in [2.24, 2.45) is 0 Å². The molecule has 0 spiro atoms. The Kier molecular flexibility index (Phi) is 2.79. The molecule has 2 aromatic rings. The van der Waals surface area contributed by atoms with Gasteiger partial charge in [0.15, 0.2) is 0 Å². The summed E-state index contributed by atoms with van der Waals surface area (Å²) in [5.74, 6) is -0.175. The Morgan fingerprint density at radius 3 is 2.95 bits per heavy atom. The van der Waals surface area contributed by atoms with Crippen LogP contribution in [0.3, 0.4) is 0 Å². The lowest BCUT2D eigenvalue weighted by molar-refractivity contribution is 0.0943. The van der Waals surface area contributed by atoms with Gasteiger partial charge in [0.05, 0.1) is 23.6 Å². The van der Waals surface area contributed by atoms with E-state index in [2.05, 4.69) is 22.0 Å². The molecule has 0 unspecified atom stereocenters. The molecule has 0 saturated heterocycles. The molecule has 3 rings (SSSR count). The average molecular weight is 257 g/mol. The molecule has 1 aliphatic rings. The lowest BCUT2D eigenvalue weighted by Gasteiger charge is -2.25. The van der Waals surface area contributed by atoms with Crippen molar-refractivity contribution in [1.82, 2.24) is 19.7 Å². The van der Waals surface area contributed by atoms with Crippen LogP contribution in [0.5, 0.6) is 0 Å². The van der Waals surface area contributed by atoms with Crippen molar-refractivity contribution in [2.75, 3.05) is 19.3 Å². The van der Waals surface area contributed by atoms with E-state index in [1.54, 1.807) is 6.20 Å². The number of nitrogens with two attached hydrogens (primary N) is 1. The van der Waals surface area contributed by atoms with E-state index in [4.69, 9.17) is 5.73 Å². The second-order valence-corrected chi connectivity index (χ2v) is 4.84. The number of aromatic nitrogens is 3. The van der Waals surface area contributed by atoms with Crippen LogP contribution in [-0.2, 0) is 13.0 Å². The maximum absolute atomic E-state index is 12.4. The maximum atomic E-state index is 12.4. The number of rotatable bonds is 1. The molecular formula is C13H15N5O. The first kappa shape index (κ1) is 11.9. The third-order valence-corrected chi connectivity index (χ3v) is 3.37. The maximum Gasteiger partial charge on any atom is 0.280 e. The van der Waals surface area contributed by atoms with E-state index in [-0.39, 0.29) is 5.91 Å². The molecule has 3 heterocycles. The molecule has 0 aliphatic carbocycles. The summed E-state index contributed by atoms with van der Waals surface area (Å²) >= 11 is 0. The van der Waals surface area contributed by atoms with Crippen molar-refractivity contribution in [3.05, 3.63) is 41.5 Å². The molecule has 0 fully saturated rings. The molecule has 0 radical (unpaired) electrons. The molecule has 2 N–H and O–H groups in total. The third-order valence-electron chi connectivity index (χ3n) is 3.37. The number of hydrogen-bond acceptors (Lipinski definition) is 5. The Morgan fingerprint density at radius 1 is 1.37 bits per heavy atom. The second-order valence-electron chi connectivity index (χ2n) is 4.84. The van der Waals surface area contributed by atoms with Crippen molar-refractivity contribution >= 4 is 11.6 Å². The van der Waals surface area contributed by atoms with Crippen LogP contribution in [0.4, 0.5) is 5.69 Å². The van der Waals surface area contributed by atoms with E-state index in [9.17, 15) is 4.79 Å². The van der Waals surface area contributed by atoms with Gasteiger partial charge in [-0.1, -0.05) is 0 Å². The number of hydrogen-bond donors (Lipinski definition) is 1. The van der Waals surface area contributed by atoms with Crippen LogP contribution >= 0.6 is 0 Å². The summed E-state index contributed by atoms with van der Waals surface area (Å²) in [5, 5.41) is 3.96. The zero-order valence-electron chi connectivity index (χ0n) is 10.7. The fourth-order valence-electron chi connectivity index (χ4n) is 2.39. The van der Waals surface area contributed by atoms with Crippen molar-refractivity contribution in [2.45, 2.75) is 13.0 Å². The van der Waals surface area contributed by atoms with Gasteiger partial charge in [0, 0.05) is 25.5 Å². The topological polar surface area (TPSA) is 77.0 Å². The van der Waals surface area contributed by atoms with Crippen LogP contribution in [-0.4, -0.2) is 39.2 Å². The SMILES string of the molecule is CN1CCc2c(cncc2C(=O)n2cc(N)cn2)C1. The van der Waals surface area contributed by atoms with Crippen LogP contribution < -0.4 is 5.73 Å². The molecule has 6 heteroatoms. The minimum Gasteiger partial charge on any atom is -0.396 e. The molecule has 6 nitrogen and oxygen atoms in total. The standard InChI is InChI=1S/C13H15N5O/c1-17-3-2-11-9(7-17)4-15-6-12(11)13(19)18-8-10(14)5-16-18/h4-6,8H,2-3,7,14H2,1H3. The molecule has 1 aliphatic heterocycles. The zero-order chi connectivity index (χ0) is 13.4. The molecule has 0 saturated carbocycles. The molecule has 0 aromatic carbocycles. The van der Waals surface area contributed by atoms with Gasteiger partial charge in [0.1, 0.15) is 0 Å². The fraction of sp³-hybridized carbons (Fsp3) is 0.308. The smallest absolute Gasteiger partial charge is 0.280 e. The van der Waals surface area contributed by atoms with E-state index >= 15 is 0 Å². The van der Waals surface area contributed by atoms with Crippen molar-refractivity contribution < 1.29 is 4.79 Å². The van der Waals surface area contributed by atoms with E-state index in [1.807, 2.05) is 6.20 Å². The number of anilines is 1. The highest BCUT2D eigenvalue weighted by Gasteiger charge is 2.21. The minimum absolute atomic E-state index is 0.175. The van der Waals surface area contributed by atoms with Gasteiger partial charge in [-0.2, -0.15) is 5.10 Å². The van der Waals surface area contributed by atoms with E-state index in [0.717, 1.165) is 30.6 Å². The van der Waals surface area contributed by atoms with Crippen molar-refractivity contribution in [3.8, 4) is 0 Å². The molecule has 98 valence electrons. The quantitative estimate of drug-likeness (QED) is 0.806. The summed E-state index contributed by atoms with van der Waals surface area (Å²) in [5.41, 5.74) is 8.88. The predicted octanol–water partition coefficient (Wildman–Crippen LogP) is 0.537. The summed E-state index contributed by atoms with van der Waals surface area (Å²) in [6, 6.07) is 0. The molecular weight excluding hydrogens is 242 g/mol. The average Bonchev–Trinajstić information content (AvgIpc) is 2.83. The van der Waals surface area contributed by atoms with E-state index in [0.29, 0.717) is 11.3 Å². The second kappa shape index (κ2) is 4.47. The van der Waals surface area contributed by atoms with Gasteiger partial charge >= 0.3 is 0 Å². The zero-order valence-corrected chi connectivity index (χ0v) is 10.7. The van der Waals surface area contributed by atoms with Gasteiger partial charge in [0.2, 0.25) is 0 Å². The number of nitrogen functional groups attached to an aromatic ring is 1. The number of carbonyl (C=O) groups is 1. The van der Waals surface area contributed by atoms with Gasteiger partial charge < -0.3 is 10.6 Å². The first-order valence-corrected chi connectivity index (χ1v) is 6.14. The summed E-state index contributed by atoms with van der Waals surface area (Å²) in [7, 11) is 2.06. The Bertz CT molecular complexity index is 634. The molecule has 0 atom stereocenters. The Labute approximate surface area is 110 Å². The molecule has 0 amide bonds. The van der Waals surface area contributed by atoms with Gasteiger partial charge in [0.25, 0.3) is 5.91 Å². The molecule has 2 aromatic heterocycles. The van der Waals surface area contributed by atoms with Gasteiger partial charge in [-0.3, -0.25) is 9.78 Å².